The van der Waals surface area contributed by atoms with Crippen LogP contribution in [0.3, 0.4) is 0 Å². The monoisotopic (exact) mass is 344 g/mol. The predicted octanol–water partition coefficient (Wildman–Crippen LogP) is -1.90. The number of nitrogens with two attached hydrogens (primary N) is 3. The molecule has 0 aliphatic heterocycles. The first-order valence-electron chi connectivity index (χ1n) is 7.70. The minimum atomic E-state index is -1.14. The third-order valence-electron chi connectivity index (χ3n) is 3.22. The number of carboxylic acids is 1. The van der Waals surface area contributed by atoms with Crippen LogP contribution in [0.1, 0.15) is 33.6 Å². The molecule has 3 atom stereocenters. The Kier molecular flexibility index (Phi) is 9.40. The number of rotatable bonds is 10. The smallest absolute Gasteiger partial charge is 0.326 e. The topological polar surface area (TPSA) is 186 Å². The highest BCUT2D eigenvalue weighted by molar-refractivity contribution is 5.91. The summed E-state index contributed by atoms with van der Waals surface area (Å²) in [5.74, 6) is -2.61. The minimum Gasteiger partial charge on any atom is -0.480 e. The van der Waals surface area contributed by atoms with E-state index < -0.39 is 35.9 Å². The second-order valence-electron chi connectivity index (χ2n) is 5.87. The first kappa shape index (κ1) is 21.6. The van der Waals surface area contributed by atoms with Gasteiger partial charge in [-0.3, -0.25) is 14.6 Å². The second kappa shape index (κ2) is 10.4. The lowest BCUT2D eigenvalue weighted by Gasteiger charge is -2.23. The van der Waals surface area contributed by atoms with E-state index in [4.69, 9.17) is 22.3 Å². The molecule has 0 bridgehead atoms. The fraction of sp³-hybridized carbons (Fsp3) is 0.714. The Morgan fingerprint density at radius 2 is 1.67 bits per heavy atom. The van der Waals surface area contributed by atoms with Crippen molar-refractivity contribution in [2.24, 2.45) is 28.1 Å². The highest BCUT2D eigenvalue weighted by Crippen LogP contribution is 2.05. The van der Waals surface area contributed by atoms with Gasteiger partial charge in [0.2, 0.25) is 11.8 Å². The molecule has 9 N–H and O–H groups in total. The highest BCUT2D eigenvalue weighted by Gasteiger charge is 2.28. The van der Waals surface area contributed by atoms with E-state index in [0.29, 0.717) is 6.42 Å². The molecule has 0 rings (SSSR count). The molecule has 3 unspecified atom stereocenters. The van der Waals surface area contributed by atoms with Crippen LogP contribution in [0.2, 0.25) is 0 Å². The van der Waals surface area contributed by atoms with Crippen LogP contribution in [0.5, 0.6) is 0 Å². The van der Waals surface area contributed by atoms with Crippen LogP contribution in [0, 0.1) is 5.92 Å². The van der Waals surface area contributed by atoms with Gasteiger partial charge in [0.25, 0.3) is 0 Å². The lowest BCUT2D eigenvalue weighted by atomic mass is 10.0. The van der Waals surface area contributed by atoms with Crippen molar-refractivity contribution in [1.82, 2.24) is 10.6 Å². The fourth-order valence-electron chi connectivity index (χ4n) is 1.84. The zero-order valence-corrected chi connectivity index (χ0v) is 14.3. The molecule has 0 aromatic carbocycles. The summed E-state index contributed by atoms with van der Waals surface area (Å²) in [6.07, 6.45) is 0.667. The number of nitrogens with one attached hydrogen (secondary N) is 2. The standard InChI is InChI=1S/C14H28N6O4/c1-7(2)10(13(23)24)20-12(22)9(19-11(21)8(3)15)5-4-6-18-14(16)17/h7-10H,4-6,15H2,1-3H3,(H,19,21)(H,20,22)(H,23,24)(H4,16,17,18). The molecule has 0 spiro atoms. The van der Waals surface area contributed by atoms with Gasteiger partial charge in [-0.1, -0.05) is 13.8 Å². The van der Waals surface area contributed by atoms with Gasteiger partial charge >= 0.3 is 5.97 Å². The van der Waals surface area contributed by atoms with Crippen molar-refractivity contribution in [3.63, 3.8) is 0 Å². The maximum absolute atomic E-state index is 12.3. The summed E-state index contributed by atoms with van der Waals surface area (Å²) in [5, 5.41) is 14.1. The summed E-state index contributed by atoms with van der Waals surface area (Å²) < 4.78 is 0. The van der Waals surface area contributed by atoms with Gasteiger partial charge < -0.3 is 32.9 Å². The average Bonchev–Trinajstić information content (AvgIpc) is 2.46. The Balaban J connectivity index is 4.93. The maximum atomic E-state index is 12.3. The van der Waals surface area contributed by atoms with E-state index in [-0.39, 0.29) is 24.8 Å². The Bertz CT molecular complexity index is 474. The number of hydrogen-bond donors (Lipinski definition) is 6. The molecule has 2 amide bonds. The third-order valence-corrected chi connectivity index (χ3v) is 3.22. The summed E-state index contributed by atoms with van der Waals surface area (Å²) >= 11 is 0. The van der Waals surface area contributed by atoms with Gasteiger partial charge in [-0.25, -0.2) is 4.79 Å². The van der Waals surface area contributed by atoms with Crippen molar-refractivity contribution in [3.8, 4) is 0 Å². The second-order valence-corrected chi connectivity index (χ2v) is 5.87. The molecule has 0 saturated carbocycles. The van der Waals surface area contributed by atoms with Crippen LogP contribution in [0.15, 0.2) is 4.99 Å². The first-order chi connectivity index (χ1) is 11.1. The lowest BCUT2D eigenvalue weighted by molar-refractivity contribution is -0.143. The summed E-state index contributed by atoms with van der Waals surface area (Å²) in [4.78, 5) is 39.1. The van der Waals surface area contributed by atoms with Crippen molar-refractivity contribution < 1.29 is 19.5 Å². The van der Waals surface area contributed by atoms with Gasteiger partial charge in [0.05, 0.1) is 6.04 Å². The number of carbonyl (C=O) groups is 3. The SMILES string of the molecule is CC(N)C(=O)NC(CCCN=C(N)N)C(=O)NC(C(=O)O)C(C)C. The van der Waals surface area contributed by atoms with Crippen LogP contribution in [-0.4, -0.2) is 53.5 Å². The molecule has 0 aromatic rings. The molecule has 24 heavy (non-hydrogen) atoms. The van der Waals surface area contributed by atoms with Crippen LogP contribution in [-0.2, 0) is 14.4 Å². The van der Waals surface area contributed by atoms with Gasteiger partial charge in [-0.2, -0.15) is 0 Å². The molecule has 0 saturated heterocycles. The lowest BCUT2D eigenvalue weighted by Crippen LogP contribution is -2.55. The largest absolute Gasteiger partial charge is 0.480 e. The van der Waals surface area contributed by atoms with Crippen LogP contribution in [0.25, 0.3) is 0 Å². The third kappa shape index (κ3) is 8.32. The first-order valence-corrected chi connectivity index (χ1v) is 7.70. The minimum absolute atomic E-state index is 0.0682. The van der Waals surface area contributed by atoms with E-state index in [9.17, 15) is 14.4 Å². The molecule has 10 nitrogen and oxygen atoms in total. The van der Waals surface area contributed by atoms with E-state index in [0.717, 1.165) is 0 Å². The molecular weight excluding hydrogens is 316 g/mol. The van der Waals surface area contributed by atoms with Crippen LogP contribution >= 0.6 is 0 Å². The molecule has 0 aliphatic carbocycles. The quantitative estimate of drug-likeness (QED) is 0.152. The Morgan fingerprint density at radius 1 is 1.08 bits per heavy atom. The number of aliphatic carboxylic acids is 1. The highest BCUT2D eigenvalue weighted by atomic mass is 16.4. The summed E-state index contributed by atoms with van der Waals surface area (Å²) in [6.45, 7) is 5.12. The maximum Gasteiger partial charge on any atom is 0.326 e. The molecule has 0 radical (unpaired) electrons. The van der Waals surface area contributed by atoms with Gasteiger partial charge in [0, 0.05) is 6.54 Å². The number of nitrogens with zero attached hydrogens (tertiary/aromatic N) is 1. The van der Waals surface area contributed by atoms with Gasteiger partial charge in [-0.05, 0) is 25.7 Å². The summed E-state index contributed by atoms with van der Waals surface area (Å²) in [5.41, 5.74) is 15.9. The Labute approximate surface area is 141 Å². The number of hydrogen-bond acceptors (Lipinski definition) is 5. The molecule has 0 aromatic heterocycles. The molecule has 0 aliphatic rings. The van der Waals surface area contributed by atoms with Crippen molar-refractivity contribution >= 4 is 23.7 Å². The van der Waals surface area contributed by atoms with E-state index in [1.54, 1.807) is 13.8 Å². The molecule has 0 heterocycles. The van der Waals surface area contributed by atoms with E-state index >= 15 is 0 Å². The van der Waals surface area contributed by atoms with E-state index in [2.05, 4.69) is 15.6 Å². The fourth-order valence-corrected chi connectivity index (χ4v) is 1.84. The van der Waals surface area contributed by atoms with Gasteiger partial charge in [0.1, 0.15) is 12.1 Å². The Hall–Kier alpha value is -2.36. The summed E-state index contributed by atoms with van der Waals surface area (Å²) in [6, 6.07) is -2.76. The van der Waals surface area contributed by atoms with E-state index in [1.807, 2.05) is 0 Å². The summed E-state index contributed by atoms with van der Waals surface area (Å²) in [7, 11) is 0. The zero-order chi connectivity index (χ0) is 18.9. The molecule has 0 fully saturated rings. The molecule has 138 valence electrons. The van der Waals surface area contributed by atoms with Gasteiger partial charge in [0.15, 0.2) is 5.96 Å². The normalized spacial score (nSPS) is 14.4. The molecule has 10 heteroatoms. The number of aliphatic imine (C=N–C) groups is 1. The molecular formula is C14H28N6O4. The average molecular weight is 344 g/mol. The number of carboxylic acid groups (broad SMARTS) is 1. The zero-order valence-electron chi connectivity index (χ0n) is 14.3. The van der Waals surface area contributed by atoms with Crippen molar-refractivity contribution in [2.45, 2.75) is 51.7 Å². The Morgan fingerprint density at radius 3 is 2.08 bits per heavy atom. The van der Waals surface area contributed by atoms with Crippen molar-refractivity contribution in [1.29, 1.82) is 0 Å². The predicted molar refractivity (Wildman–Crippen MR) is 89.9 cm³/mol. The van der Waals surface area contributed by atoms with E-state index in [1.165, 1.54) is 6.92 Å². The van der Waals surface area contributed by atoms with Crippen molar-refractivity contribution in [3.05, 3.63) is 0 Å². The van der Waals surface area contributed by atoms with Gasteiger partial charge in [-0.15, -0.1) is 0 Å². The number of amides is 2. The van der Waals surface area contributed by atoms with Crippen molar-refractivity contribution in [2.75, 3.05) is 6.54 Å². The van der Waals surface area contributed by atoms with Crippen LogP contribution < -0.4 is 27.8 Å². The number of guanidine groups is 1. The van der Waals surface area contributed by atoms with Crippen LogP contribution in [0.4, 0.5) is 0 Å². The number of carbonyl (C=O) groups excluding carboxylic acids is 2.